The molecular formula is C23H33N3O2. The molecule has 0 bridgehead atoms. The number of hydrogen-bond donors (Lipinski definition) is 1. The Hall–Kier alpha value is -2.04. The van der Waals surface area contributed by atoms with E-state index in [0.29, 0.717) is 17.8 Å². The number of urea groups is 1. The van der Waals surface area contributed by atoms with Gasteiger partial charge in [-0.05, 0) is 36.8 Å². The van der Waals surface area contributed by atoms with Gasteiger partial charge in [0.2, 0.25) is 5.91 Å². The lowest BCUT2D eigenvalue weighted by atomic mass is 9.87. The summed E-state index contributed by atoms with van der Waals surface area (Å²) in [7, 11) is 0. The third kappa shape index (κ3) is 3.76. The molecule has 5 heteroatoms. The Labute approximate surface area is 168 Å². The first-order valence-corrected chi connectivity index (χ1v) is 10.9. The molecule has 2 saturated heterocycles. The molecule has 2 aliphatic heterocycles. The van der Waals surface area contributed by atoms with Crippen LogP contribution in [0.5, 0.6) is 0 Å². The van der Waals surface area contributed by atoms with Crippen LogP contribution in [-0.2, 0) is 4.79 Å². The van der Waals surface area contributed by atoms with Crippen molar-refractivity contribution in [3.05, 3.63) is 35.4 Å². The molecule has 152 valence electrons. The fourth-order valence-corrected chi connectivity index (χ4v) is 5.59. The van der Waals surface area contributed by atoms with E-state index in [1.807, 2.05) is 15.9 Å². The summed E-state index contributed by atoms with van der Waals surface area (Å²) >= 11 is 0. The summed E-state index contributed by atoms with van der Waals surface area (Å²) in [6.07, 6.45) is 6.43. The number of carbonyl (C=O) groups is 2. The number of fused-ring (bicyclic) bond motifs is 1. The van der Waals surface area contributed by atoms with Crippen molar-refractivity contribution in [1.29, 1.82) is 0 Å². The maximum atomic E-state index is 12.8. The molecule has 4 rings (SSSR count). The lowest BCUT2D eigenvalue weighted by Crippen LogP contribution is -2.43. The van der Waals surface area contributed by atoms with Gasteiger partial charge in [0.1, 0.15) is 0 Å². The first-order chi connectivity index (χ1) is 13.5. The van der Waals surface area contributed by atoms with Crippen molar-refractivity contribution in [1.82, 2.24) is 15.1 Å². The van der Waals surface area contributed by atoms with Crippen molar-refractivity contribution >= 4 is 11.9 Å². The van der Waals surface area contributed by atoms with Gasteiger partial charge < -0.3 is 15.1 Å². The Bertz CT molecular complexity index is 728. The minimum Gasteiger partial charge on any atom is -0.338 e. The van der Waals surface area contributed by atoms with E-state index in [0.717, 1.165) is 26.2 Å². The van der Waals surface area contributed by atoms with Crippen molar-refractivity contribution in [2.45, 2.75) is 52.0 Å². The normalized spacial score (nSPS) is 27.7. The van der Waals surface area contributed by atoms with Gasteiger partial charge in [-0.1, -0.05) is 43.5 Å². The van der Waals surface area contributed by atoms with Gasteiger partial charge in [0.25, 0.3) is 0 Å². The quantitative estimate of drug-likeness (QED) is 0.865. The van der Waals surface area contributed by atoms with E-state index in [1.165, 1.54) is 43.2 Å². The highest BCUT2D eigenvalue weighted by molar-refractivity contribution is 5.76. The molecule has 0 aromatic heterocycles. The summed E-state index contributed by atoms with van der Waals surface area (Å²) in [5.41, 5.74) is 2.45. The minimum absolute atomic E-state index is 0.0814. The van der Waals surface area contributed by atoms with Crippen molar-refractivity contribution in [2.24, 2.45) is 17.8 Å². The fraction of sp³-hybridized carbons (Fsp3) is 0.652. The van der Waals surface area contributed by atoms with Gasteiger partial charge in [0, 0.05) is 44.9 Å². The molecule has 1 aromatic carbocycles. The van der Waals surface area contributed by atoms with Crippen LogP contribution in [0, 0.1) is 24.7 Å². The second-order valence-corrected chi connectivity index (χ2v) is 8.99. The van der Waals surface area contributed by atoms with Crippen molar-refractivity contribution < 1.29 is 9.59 Å². The van der Waals surface area contributed by atoms with Crippen LogP contribution in [0.3, 0.4) is 0 Å². The number of likely N-dealkylation sites (tertiary alicyclic amines) is 2. The zero-order valence-corrected chi connectivity index (χ0v) is 17.2. The molecule has 3 atom stereocenters. The molecule has 5 nitrogen and oxygen atoms in total. The number of carbonyl (C=O) groups excluding carboxylic acids is 2. The van der Waals surface area contributed by atoms with E-state index in [4.69, 9.17) is 0 Å². The van der Waals surface area contributed by atoms with Gasteiger partial charge in [-0.3, -0.25) is 4.79 Å². The van der Waals surface area contributed by atoms with Crippen LogP contribution in [0.2, 0.25) is 0 Å². The van der Waals surface area contributed by atoms with Gasteiger partial charge in [0.15, 0.2) is 0 Å². The second-order valence-electron chi connectivity index (χ2n) is 8.99. The summed E-state index contributed by atoms with van der Waals surface area (Å²) in [4.78, 5) is 29.1. The Morgan fingerprint density at radius 1 is 1.07 bits per heavy atom. The number of benzene rings is 1. The third-order valence-electron chi connectivity index (χ3n) is 7.13. The van der Waals surface area contributed by atoms with E-state index in [2.05, 4.69) is 30.4 Å². The van der Waals surface area contributed by atoms with Gasteiger partial charge in [-0.15, -0.1) is 0 Å². The summed E-state index contributed by atoms with van der Waals surface area (Å²) in [5, 5.41) is 3.19. The van der Waals surface area contributed by atoms with Gasteiger partial charge in [-0.25, -0.2) is 4.79 Å². The number of amides is 3. The molecule has 0 radical (unpaired) electrons. The Kier molecular flexibility index (Phi) is 5.61. The number of hydrogen-bond acceptors (Lipinski definition) is 2. The standard InChI is InChI=1S/C23H33N3O2/c1-16-8-6-7-11-20(16)22-21-15-25(13-19(21)14-26(22)17(2)27)23(28)24-12-18-9-4-3-5-10-18/h6-8,11,18-19,21-22H,3-5,9-10,12-15H2,1-2H3,(H,24,28)/t19-,21-,22+/m1/s1. The van der Waals surface area contributed by atoms with E-state index >= 15 is 0 Å². The maximum absolute atomic E-state index is 12.8. The predicted octanol–water partition coefficient (Wildman–Crippen LogP) is 3.74. The van der Waals surface area contributed by atoms with Crippen molar-refractivity contribution in [3.8, 4) is 0 Å². The smallest absolute Gasteiger partial charge is 0.317 e. The van der Waals surface area contributed by atoms with Crippen LogP contribution in [0.4, 0.5) is 4.79 Å². The van der Waals surface area contributed by atoms with Crippen molar-refractivity contribution in [3.63, 3.8) is 0 Å². The topological polar surface area (TPSA) is 52.7 Å². The fourth-order valence-electron chi connectivity index (χ4n) is 5.59. The second kappa shape index (κ2) is 8.14. The third-order valence-corrected chi connectivity index (χ3v) is 7.13. The zero-order valence-electron chi connectivity index (χ0n) is 17.2. The average Bonchev–Trinajstić information content (AvgIpc) is 3.26. The average molecular weight is 384 g/mol. The van der Waals surface area contributed by atoms with E-state index in [-0.39, 0.29) is 18.0 Å². The highest BCUT2D eigenvalue weighted by atomic mass is 16.2. The molecule has 1 aliphatic carbocycles. The maximum Gasteiger partial charge on any atom is 0.317 e. The van der Waals surface area contributed by atoms with Crippen molar-refractivity contribution in [2.75, 3.05) is 26.2 Å². The van der Waals surface area contributed by atoms with Crippen LogP contribution in [0.25, 0.3) is 0 Å². The lowest BCUT2D eigenvalue weighted by Gasteiger charge is -2.30. The van der Waals surface area contributed by atoms with E-state index in [1.54, 1.807) is 6.92 Å². The molecule has 2 heterocycles. The number of rotatable bonds is 3. The highest BCUT2D eigenvalue weighted by Crippen LogP contribution is 2.45. The number of nitrogens with one attached hydrogen (secondary N) is 1. The molecule has 1 aromatic rings. The van der Waals surface area contributed by atoms with Crippen LogP contribution < -0.4 is 5.32 Å². The molecule has 3 aliphatic rings. The molecule has 0 unspecified atom stereocenters. The van der Waals surface area contributed by atoms with E-state index < -0.39 is 0 Å². The SMILES string of the molecule is CC(=O)N1C[C@H]2CN(C(=O)NCC3CCCCC3)C[C@H]2[C@@H]1c1ccccc1C. The Morgan fingerprint density at radius 3 is 2.54 bits per heavy atom. The summed E-state index contributed by atoms with van der Waals surface area (Å²) in [6.45, 7) is 6.85. The lowest BCUT2D eigenvalue weighted by molar-refractivity contribution is -0.130. The highest BCUT2D eigenvalue weighted by Gasteiger charge is 2.49. The molecule has 1 N–H and O–H groups in total. The Morgan fingerprint density at radius 2 is 1.82 bits per heavy atom. The number of nitrogens with zero attached hydrogens (tertiary/aromatic N) is 2. The van der Waals surface area contributed by atoms with Crippen LogP contribution in [-0.4, -0.2) is 47.9 Å². The molecule has 3 fully saturated rings. The first kappa shape index (κ1) is 19.3. The summed E-state index contributed by atoms with van der Waals surface area (Å²) in [5.74, 6) is 1.48. The first-order valence-electron chi connectivity index (χ1n) is 10.9. The van der Waals surface area contributed by atoms with Gasteiger partial charge in [0.05, 0.1) is 6.04 Å². The largest absolute Gasteiger partial charge is 0.338 e. The molecule has 3 amide bonds. The molecular weight excluding hydrogens is 350 g/mol. The van der Waals surface area contributed by atoms with Crippen LogP contribution >= 0.6 is 0 Å². The monoisotopic (exact) mass is 383 g/mol. The summed E-state index contributed by atoms with van der Waals surface area (Å²) < 4.78 is 0. The Balaban J connectivity index is 1.43. The van der Waals surface area contributed by atoms with Crippen LogP contribution in [0.15, 0.2) is 24.3 Å². The molecule has 1 saturated carbocycles. The molecule has 0 spiro atoms. The minimum atomic E-state index is 0.0814. The number of aryl methyl sites for hydroxylation is 1. The van der Waals surface area contributed by atoms with Gasteiger partial charge >= 0.3 is 6.03 Å². The zero-order chi connectivity index (χ0) is 19.7. The molecule has 28 heavy (non-hydrogen) atoms. The van der Waals surface area contributed by atoms with E-state index in [9.17, 15) is 9.59 Å². The predicted molar refractivity (Wildman–Crippen MR) is 110 cm³/mol. The van der Waals surface area contributed by atoms with Gasteiger partial charge in [-0.2, -0.15) is 0 Å². The summed E-state index contributed by atoms with van der Waals surface area (Å²) in [6, 6.07) is 8.52. The van der Waals surface area contributed by atoms with Crippen LogP contribution in [0.1, 0.15) is 56.2 Å².